The van der Waals surface area contributed by atoms with E-state index in [4.69, 9.17) is 0 Å². The third-order valence-corrected chi connectivity index (χ3v) is 1.06. The van der Waals surface area contributed by atoms with Crippen molar-refractivity contribution in [3.63, 3.8) is 0 Å². The predicted octanol–water partition coefficient (Wildman–Crippen LogP) is -0.954. The second-order valence-corrected chi connectivity index (χ2v) is 1.92. The molecule has 0 unspecified atom stereocenters. The van der Waals surface area contributed by atoms with Gasteiger partial charge in [0, 0.05) is 0 Å². The quantitative estimate of drug-likeness (QED) is 0.193. The summed E-state index contributed by atoms with van der Waals surface area (Å²) in [6.45, 7) is 3.30. The topological polar surface area (TPSA) is 101 Å². The van der Waals surface area contributed by atoms with Crippen LogP contribution in [0.3, 0.4) is 0 Å². The molecule has 0 radical (unpaired) electrons. The van der Waals surface area contributed by atoms with E-state index in [2.05, 4.69) is 9.47 Å². The summed E-state index contributed by atoms with van der Waals surface area (Å²) in [7, 11) is 0. The maximum atomic E-state index is 10.9. The molecule has 0 aliphatic rings. The highest BCUT2D eigenvalue weighted by atomic mass is 16.6. The Hall–Kier alpha value is -1.65. The van der Waals surface area contributed by atoms with E-state index >= 15 is 0 Å². The number of hydrogen-bond donors (Lipinski definition) is 0. The van der Waals surface area contributed by atoms with Crippen molar-refractivity contribution in [2.45, 2.75) is 13.8 Å². The first-order valence-electron chi connectivity index (χ1n) is 3.76. The first-order valence-corrected chi connectivity index (χ1v) is 3.76. The predicted molar refractivity (Wildman–Crippen MR) is 46.1 cm³/mol. The highest BCUT2D eigenvalue weighted by Crippen LogP contribution is 1.96. The van der Waals surface area contributed by atoms with E-state index in [1.54, 1.807) is 13.8 Å². The van der Waals surface area contributed by atoms with Crippen LogP contribution in [0.25, 0.3) is 0 Å². The first kappa shape index (κ1) is 14.9. The fourth-order valence-corrected chi connectivity index (χ4v) is 0.573. The summed E-state index contributed by atoms with van der Waals surface area (Å²) in [5.41, 5.74) is -0.733. The van der Waals surface area contributed by atoms with Crippen molar-refractivity contribution in [2.75, 3.05) is 13.2 Å². The summed E-state index contributed by atoms with van der Waals surface area (Å²) in [5, 5.41) is 0. The molecular formula is C8H12O6. The van der Waals surface area contributed by atoms with Crippen molar-refractivity contribution in [3.8, 4) is 0 Å². The molecule has 0 aromatic heterocycles. The molecule has 0 saturated heterocycles. The summed E-state index contributed by atoms with van der Waals surface area (Å²) < 4.78 is 8.85. The monoisotopic (exact) mass is 204 g/mol. The van der Waals surface area contributed by atoms with E-state index in [-0.39, 0.29) is 18.7 Å². The van der Waals surface area contributed by atoms with Gasteiger partial charge in [-0.05, 0) is 13.8 Å². The number of ether oxygens (including phenoxy) is 2. The standard InChI is InChI=1S/C8H10O5.H2O/c1-3-12-7(10)6(5-9)8(11)13-4-2;/h3-4H2,1-2H3;1H2. The zero-order valence-electron chi connectivity index (χ0n) is 7.96. The molecule has 2 N–H and O–H groups in total. The minimum absolute atomic E-state index is 0. The van der Waals surface area contributed by atoms with Crippen molar-refractivity contribution >= 4 is 17.9 Å². The fourth-order valence-electron chi connectivity index (χ4n) is 0.573. The van der Waals surface area contributed by atoms with Gasteiger partial charge in [-0.2, -0.15) is 0 Å². The molecule has 0 fully saturated rings. The number of carbonyl (C=O) groups is 2. The molecule has 0 saturated carbocycles. The Morgan fingerprint density at radius 3 is 1.64 bits per heavy atom. The number of carbonyl (C=O) groups excluding carboxylic acids is 3. The lowest BCUT2D eigenvalue weighted by Crippen LogP contribution is -2.18. The Morgan fingerprint density at radius 1 is 1.07 bits per heavy atom. The second kappa shape index (κ2) is 7.97. The van der Waals surface area contributed by atoms with Gasteiger partial charge in [0.25, 0.3) is 0 Å². The Balaban J connectivity index is 0. The maximum absolute atomic E-state index is 10.9. The van der Waals surface area contributed by atoms with Gasteiger partial charge in [0.2, 0.25) is 5.57 Å². The lowest BCUT2D eigenvalue weighted by atomic mass is 10.3. The highest BCUT2D eigenvalue weighted by molar-refractivity contribution is 6.20. The Morgan fingerprint density at radius 2 is 1.43 bits per heavy atom. The second-order valence-electron chi connectivity index (χ2n) is 1.92. The minimum Gasteiger partial charge on any atom is -0.462 e. The SMILES string of the molecule is CCOC(=O)C(=C=O)C(=O)OCC.O. The Labute approximate surface area is 80.8 Å². The number of esters is 2. The van der Waals surface area contributed by atoms with Gasteiger partial charge in [0.15, 0.2) is 0 Å². The van der Waals surface area contributed by atoms with Gasteiger partial charge in [-0.3, -0.25) is 0 Å². The highest BCUT2D eigenvalue weighted by Gasteiger charge is 2.22. The molecule has 6 heteroatoms. The van der Waals surface area contributed by atoms with Gasteiger partial charge in [-0.25, -0.2) is 14.4 Å². The van der Waals surface area contributed by atoms with Crippen LogP contribution in [0.5, 0.6) is 0 Å². The third-order valence-electron chi connectivity index (χ3n) is 1.06. The molecular weight excluding hydrogens is 192 g/mol. The van der Waals surface area contributed by atoms with Gasteiger partial charge < -0.3 is 14.9 Å². The van der Waals surface area contributed by atoms with E-state index in [0.29, 0.717) is 0 Å². The summed E-state index contributed by atoms with van der Waals surface area (Å²) in [4.78, 5) is 31.9. The van der Waals surface area contributed by atoms with E-state index in [1.807, 2.05) is 0 Å². The van der Waals surface area contributed by atoms with Crippen LogP contribution in [0.1, 0.15) is 13.8 Å². The Bertz CT molecular complexity index is 231. The molecule has 0 spiro atoms. The average molecular weight is 204 g/mol. The molecule has 0 heterocycles. The van der Waals surface area contributed by atoms with E-state index in [9.17, 15) is 14.4 Å². The fraction of sp³-hybridized carbons (Fsp3) is 0.500. The molecule has 0 amide bonds. The molecule has 80 valence electrons. The van der Waals surface area contributed by atoms with Gasteiger partial charge >= 0.3 is 11.9 Å². The van der Waals surface area contributed by atoms with E-state index < -0.39 is 17.5 Å². The van der Waals surface area contributed by atoms with Crippen molar-refractivity contribution in [1.82, 2.24) is 0 Å². The zero-order chi connectivity index (χ0) is 10.3. The molecule has 14 heavy (non-hydrogen) atoms. The molecule has 0 aromatic rings. The van der Waals surface area contributed by atoms with Crippen LogP contribution in [0.15, 0.2) is 5.57 Å². The molecule has 0 bridgehead atoms. The molecule has 0 aliphatic carbocycles. The van der Waals surface area contributed by atoms with Crippen LogP contribution in [-0.4, -0.2) is 36.6 Å². The molecule has 0 atom stereocenters. The zero-order valence-corrected chi connectivity index (χ0v) is 7.96. The summed E-state index contributed by atoms with van der Waals surface area (Å²) in [6, 6.07) is 0. The average Bonchev–Trinajstić information content (AvgIpc) is 2.06. The molecule has 6 nitrogen and oxygen atoms in total. The van der Waals surface area contributed by atoms with E-state index in [1.165, 1.54) is 5.94 Å². The molecule has 0 aliphatic heterocycles. The smallest absolute Gasteiger partial charge is 0.357 e. The van der Waals surface area contributed by atoms with Crippen molar-refractivity contribution in [2.24, 2.45) is 0 Å². The van der Waals surface area contributed by atoms with Crippen molar-refractivity contribution < 1.29 is 29.3 Å². The third kappa shape index (κ3) is 4.39. The first-order chi connectivity index (χ1) is 6.17. The van der Waals surface area contributed by atoms with E-state index in [0.717, 1.165) is 0 Å². The van der Waals surface area contributed by atoms with Gasteiger partial charge in [0.1, 0.15) is 5.94 Å². The minimum atomic E-state index is -1.00. The summed E-state index contributed by atoms with van der Waals surface area (Å²) in [6.07, 6.45) is 0. The normalized spacial score (nSPS) is 7.86. The Kier molecular flexibility index (Phi) is 8.46. The summed E-state index contributed by atoms with van der Waals surface area (Å²) in [5.74, 6) is -0.819. The van der Waals surface area contributed by atoms with Crippen molar-refractivity contribution in [3.05, 3.63) is 5.57 Å². The van der Waals surface area contributed by atoms with Gasteiger partial charge in [0.05, 0.1) is 13.2 Å². The number of hydrogen-bond acceptors (Lipinski definition) is 5. The maximum Gasteiger partial charge on any atom is 0.357 e. The van der Waals surface area contributed by atoms with Gasteiger partial charge in [-0.15, -0.1) is 0 Å². The van der Waals surface area contributed by atoms with Gasteiger partial charge in [-0.1, -0.05) is 0 Å². The largest absolute Gasteiger partial charge is 0.462 e. The lowest BCUT2D eigenvalue weighted by Gasteiger charge is -2.01. The van der Waals surface area contributed by atoms with Crippen LogP contribution in [0, 0.1) is 0 Å². The van der Waals surface area contributed by atoms with Crippen LogP contribution < -0.4 is 0 Å². The molecule has 0 aromatic carbocycles. The van der Waals surface area contributed by atoms with Crippen LogP contribution in [0.2, 0.25) is 0 Å². The lowest BCUT2D eigenvalue weighted by molar-refractivity contribution is -0.146. The summed E-state index contributed by atoms with van der Waals surface area (Å²) >= 11 is 0. The number of rotatable bonds is 4. The van der Waals surface area contributed by atoms with Crippen molar-refractivity contribution in [1.29, 1.82) is 0 Å². The molecule has 0 rings (SSSR count). The van der Waals surface area contributed by atoms with Crippen LogP contribution >= 0.6 is 0 Å². The van der Waals surface area contributed by atoms with Crippen LogP contribution in [0.4, 0.5) is 0 Å². The van der Waals surface area contributed by atoms with Crippen LogP contribution in [-0.2, 0) is 23.9 Å².